The summed E-state index contributed by atoms with van der Waals surface area (Å²) in [6.45, 7) is 0.749. The fourth-order valence-corrected chi connectivity index (χ4v) is 2.32. The molecule has 3 aromatic rings. The number of pyridine rings is 2. The van der Waals surface area contributed by atoms with Gasteiger partial charge in [0.05, 0.1) is 24.0 Å². The summed E-state index contributed by atoms with van der Waals surface area (Å²) in [5.74, 6) is 1.93. The molecule has 0 radical (unpaired) electrons. The lowest BCUT2D eigenvalue weighted by Crippen LogP contribution is -2.01. The van der Waals surface area contributed by atoms with Crippen LogP contribution in [0.1, 0.15) is 12.8 Å². The van der Waals surface area contributed by atoms with Crippen LogP contribution in [0.25, 0.3) is 11.0 Å². The molecule has 6 nitrogen and oxygen atoms in total. The van der Waals surface area contributed by atoms with Crippen LogP contribution in [0.3, 0.4) is 0 Å². The van der Waals surface area contributed by atoms with Gasteiger partial charge in [-0.05, 0) is 37.0 Å². The van der Waals surface area contributed by atoms with Crippen LogP contribution in [0, 0.1) is 5.92 Å². The summed E-state index contributed by atoms with van der Waals surface area (Å²) in [6.07, 6.45) is 5.72. The van der Waals surface area contributed by atoms with E-state index in [4.69, 9.17) is 16.3 Å². The minimum Gasteiger partial charge on any atom is -0.477 e. The van der Waals surface area contributed by atoms with Crippen molar-refractivity contribution in [3.8, 4) is 5.88 Å². The molecule has 0 saturated heterocycles. The highest BCUT2D eigenvalue weighted by atomic mass is 35.5. The van der Waals surface area contributed by atoms with Gasteiger partial charge in [0.15, 0.2) is 5.82 Å². The van der Waals surface area contributed by atoms with E-state index in [0.29, 0.717) is 28.3 Å². The molecule has 0 unspecified atom stereocenters. The third-order valence-electron chi connectivity index (χ3n) is 3.61. The van der Waals surface area contributed by atoms with E-state index in [0.717, 1.165) is 17.8 Å². The number of fused-ring (bicyclic) bond motifs is 1. The minimum atomic E-state index is 0.400. The van der Waals surface area contributed by atoms with E-state index in [1.165, 1.54) is 19.2 Å². The van der Waals surface area contributed by atoms with Gasteiger partial charge in [-0.25, -0.2) is 19.9 Å². The van der Waals surface area contributed by atoms with Crippen molar-refractivity contribution in [3.63, 3.8) is 0 Å². The van der Waals surface area contributed by atoms with Gasteiger partial charge < -0.3 is 10.1 Å². The zero-order valence-corrected chi connectivity index (χ0v) is 13.0. The van der Waals surface area contributed by atoms with Crippen molar-refractivity contribution in [3.05, 3.63) is 41.9 Å². The molecular formula is C16H14ClN5O. The second-order valence-electron chi connectivity index (χ2n) is 5.49. The molecule has 1 fully saturated rings. The van der Waals surface area contributed by atoms with Crippen molar-refractivity contribution in [1.29, 1.82) is 0 Å². The summed E-state index contributed by atoms with van der Waals surface area (Å²) in [7, 11) is 0. The molecule has 116 valence electrons. The molecule has 3 heterocycles. The average Bonchev–Trinajstić information content (AvgIpc) is 3.39. The predicted molar refractivity (Wildman–Crippen MR) is 88.1 cm³/mol. The molecule has 0 amide bonds. The van der Waals surface area contributed by atoms with Crippen LogP contribution in [0.4, 0.5) is 11.5 Å². The predicted octanol–water partition coefficient (Wildman–Crippen LogP) is 3.61. The number of anilines is 2. The largest absolute Gasteiger partial charge is 0.477 e. The number of aromatic nitrogens is 4. The molecule has 0 aromatic carbocycles. The Morgan fingerprint density at radius 3 is 2.83 bits per heavy atom. The first-order chi connectivity index (χ1) is 11.3. The second-order valence-corrected chi connectivity index (χ2v) is 5.88. The summed E-state index contributed by atoms with van der Waals surface area (Å²) < 4.78 is 5.63. The Morgan fingerprint density at radius 2 is 2.04 bits per heavy atom. The average molecular weight is 328 g/mol. The minimum absolute atomic E-state index is 0.400. The molecule has 0 spiro atoms. The van der Waals surface area contributed by atoms with Gasteiger partial charge in [0.1, 0.15) is 17.0 Å². The lowest BCUT2D eigenvalue weighted by atomic mass is 10.3. The van der Waals surface area contributed by atoms with Crippen LogP contribution >= 0.6 is 11.6 Å². The highest BCUT2D eigenvalue weighted by Crippen LogP contribution is 2.29. The van der Waals surface area contributed by atoms with Crippen LogP contribution in [0.15, 0.2) is 36.8 Å². The number of rotatable bonds is 5. The first kappa shape index (κ1) is 14.1. The van der Waals surface area contributed by atoms with Gasteiger partial charge in [0, 0.05) is 6.07 Å². The van der Waals surface area contributed by atoms with Gasteiger partial charge in [-0.3, -0.25) is 0 Å². The summed E-state index contributed by atoms with van der Waals surface area (Å²) in [4.78, 5) is 17.0. The summed E-state index contributed by atoms with van der Waals surface area (Å²) in [5, 5.41) is 3.59. The molecule has 23 heavy (non-hydrogen) atoms. The van der Waals surface area contributed by atoms with Gasteiger partial charge in [-0.1, -0.05) is 11.6 Å². The van der Waals surface area contributed by atoms with E-state index in [2.05, 4.69) is 25.3 Å². The Balaban J connectivity index is 1.54. The number of nitrogens with zero attached hydrogens (tertiary/aromatic N) is 4. The number of nitrogens with one attached hydrogen (secondary N) is 1. The molecule has 3 aromatic heterocycles. The van der Waals surface area contributed by atoms with E-state index in [1.807, 2.05) is 18.2 Å². The molecule has 4 rings (SSSR count). The summed E-state index contributed by atoms with van der Waals surface area (Å²) in [5.41, 5.74) is 2.14. The molecule has 7 heteroatoms. The fourth-order valence-electron chi connectivity index (χ4n) is 2.17. The standard InChI is InChI=1S/C16H14ClN5O/c17-13-5-4-12-15(22-13)16(20-9-19-12)21-11-3-6-14(18-7-11)23-8-10-1-2-10/h3-7,9-10H,1-2,8H2,(H,19,20,21). The van der Waals surface area contributed by atoms with Crippen molar-refractivity contribution in [2.45, 2.75) is 12.8 Å². The molecule has 1 saturated carbocycles. The van der Waals surface area contributed by atoms with Crippen molar-refractivity contribution in [1.82, 2.24) is 19.9 Å². The van der Waals surface area contributed by atoms with E-state index >= 15 is 0 Å². The van der Waals surface area contributed by atoms with Gasteiger partial charge in [0.2, 0.25) is 5.88 Å². The fraction of sp³-hybridized carbons (Fsp3) is 0.250. The second kappa shape index (κ2) is 5.96. The monoisotopic (exact) mass is 327 g/mol. The summed E-state index contributed by atoms with van der Waals surface area (Å²) >= 11 is 5.96. The van der Waals surface area contributed by atoms with Crippen molar-refractivity contribution in [2.75, 3.05) is 11.9 Å². The maximum atomic E-state index is 5.96. The van der Waals surface area contributed by atoms with Gasteiger partial charge in [-0.2, -0.15) is 0 Å². The van der Waals surface area contributed by atoms with Gasteiger partial charge >= 0.3 is 0 Å². The highest BCUT2D eigenvalue weighted by Gasteiger charge is 2.22. The number of hydrogen-bond donors (Lipinski definition) is 1. The first-order valence-corrected chi connectivity index (χ1v) is 7.79. The first-order valence-electron chi connectivity index (χ1n) is 7.41. The molecule has 1 N–H and O–H groups in total. The number of ether oxygens (including phenoxy) is 1. The smallest absolute Gasteiger partial charge is 0.213 e. The zero-order valence-electron chi connectivity index (χ0n) is 12.2. The van der Waals surface area contributed by atoms with Crippen LogP contribution < -0.4 is 10.1 Å². The lowest BCUT2D eigenvalue weighted by molar-refractivity contribution is 0.288. The van der Waals surface area contributed by atoms with Crippen LogP contribution in [0.5, 0.6) is 5.88 Å². The van der Waals surface area contributed by atoms with Crippen molar-refractivity contribution >= 4 is 34.1 Å². The van der Waals surface area contributed by atoms with E-state index in [9.17, 15) is 0 Å². The van der Waals surface area contributed by atoms with Gasteiger partial charge in [0.25, 0.3) is 0 Å². The molecule has 1 aliphatic rings. The highest BCUT2D eigenvalue weighted by molar-refractivity contribution is 6.29. The molecule has 0 aliphatic heterocycles. The molecular weight excluding hydrogens is 314 g/mol. The Hall–Kier alpha value is -2.47. The summed E-state index contributed by atoms with van der Waals surface area (Å²) in [6, 6.07) is 7.25. The Morgan fingerprint density at radius 1 is 1.13 bits per heavy atom. The maximum absolute atomic E-state index is 5.96. The quantitative estimate of drug-likeness (QED) is 0.722. The maximum Gasteiger partial charge on any atom is 0.213 e. The van der Waals surface area contributed by atoms with Gasteiger partial charge in [-0.15, -0.1) is 0 Å². The SMILES string of the molecule is Clc1ccc2ncnc(Nc3ccc(OCC4CC4)nc3)c2n1. The van der Waals surface area contributed by atoms with Crippen LogP contribution in [0.2, 0.25) is 5.15 Å². The third kappa shape index (κ3) is 3.32. The lowest BCUT2D eigenvalue weighted by Gasteiger charge is -2.08. The number of hydrogen-bond acceptors (Lipinski definition) is 6. The van der Waals surface area contributed by atoms with E-state index in [-0.39, 0.29) is 0 Å². The third-order valence-corrected chi connectivity index (χ3v) is 3.82. The van der Waals surface area contributed by atoms with E-state index < -0.39 is 0 Å². The van der Waals surface area contributed by atoms with Crippen molar-refractivity contribution in [2.24, 2.45) is 5.92 Å². The Bertz CT molecular complexity index is 835. The Labute approximate surface area is 137 Å². The number of halogens is 1. The van der Waals surface area contributed by atoms with Crippen LogP contribution in [-0.2, 0) is 0 Å². The normalized spacial score (nSPS) is 14.0. The topological polar surface area (TPSA) is 72.8 Å². The molecule has 0 atom stereocenters. The van der Waals surface area contributed by atoms with Crippen molar-refractivity contribution < 1.29 is 4.74 Å². The van der Waals surface area contributed by atoms with Crippen LogP contribution in [-0.4, -0.2) is 26.5 Å². The molecule has 0 bridgehead atoms. The van der Waals surface area contributed by atoms with E-state index in [1.54, 1.807) is 12.3 Å². The molecule has 1 aliphatic carbocycles. The Kier molecular flexibility index (Phi) is 3.67. The zero-order chi connectivity index (χ0) is 15.6.